The molecule has 4 rings (SSSR count). The first-order valence-electron chi connectivity index (χ1n) is 11.7. The number of benzene rings is 3. The second-order valence-electron chi connectivity index (χ2n) is 9.13. The number of nitrogens with zero attached hydrogens (tertiary/aromatic N) is 1. The smallest absolute Gasteiger partial charge is 0.300 e. The van der Waals surface area contributed by atoms with Crippen molar-refractivity contribution in [2.45, 2.75) is 26.8 Å². The molecule has 1 N–H and O–H groups in total. The molecule has 1 fully saturated rings. The minimum absolute atomic E-state index is 0.0131. The average molecular weight is 506 g/mol. The van der Waals surface area contributed by atoms with E-state index in [2.05, 4.69) is 13.8 Å². The van der Waals surface area contributed by atoms with Crippen molar-refractivity contribution in [1.29, 1.82) is 0 Å². The number of rotatable bonds is 7. The number of hydrogen-bond donors (Lipinski definition) is 1. The van der Waals surface area contributed by atoms with Gasteiger partial charge in [-0.05, 0) is 60.9 Å². The minimum Gasteiger partial charge on any atom is -0.507 e. The Morgan fingerprint density at radius 3 is 2.31 bits per heavy atom. The van der Waals surface area contributed by atoms with Crippen LogP contribution in [0.2, 0.25) is 5.02 Å². The number of aliphatic hydroxyl groups is 1. The number of ketones is 1. The molecule has 1 saturated heterocycles. The molecule has 0 bridgehead atoms. The summed E-state index contributed by atoms with van der Waals surface area (Å²) in [5.74, 6) is -0.393. The number of ether oxygens (including phenoxy) is 2. The number of carbonyl (C=O) groups excluding carboxylic acids is 2. The molecule has 1 heterocycles. The molecule has 0 aliphatic carbocycles. The van der Waals surface area contributed by atoms with Crippen molar-refractivity contribution in [3.8, 4) is 11.5 Å². The highest BCUT2D eigenvalue weighted by atomic mass is 35.5. The summed E-state index contributed by atoms with van der Waals surface area (Å²) in [4.78, 5) is 28.1. The largest absolute Gasteiger partial charge is 0.507 e. The van der Waals surface area contributed by atoms with E-state index < -0.39 is 17.7 Å². The van der Waals surface area contributed by atoms with Crippen molar-refractivity contribution in [1.82, 2.24) is 0 Å². The van der Waals surface area contributed by atoms with Gasteiger partial charge in [0.1, 0.15) is 17.3 Å². The molecule has 0 spiro atoms. The highest BCUT2D eigenvalue weighted by Crippen LogP contribution is 2.43. The summed E-state index contributed by atoms with van der Waals surface area (Å²) < 4.78 is 11.1. The second-order valence-corrected chi connectivity index (χ2v) is 9.54. The predicted molar refractivity (Wildman–Crippen MR) is 141 cm³/mol. The van der Waals surface area contributed by atoms with Crippen LogP contribution >= 0.6 is 11.6 Å². The molecular weight excluding hydrogens is 478 g/mol. The number of carbonyl (C=O) groups is 2. The van der Waals surface area contributed by atoms with Gasteiger partial charge in [0.05, 0.1) is 30.4 Å². The number of Topliss-reactive ketones (excluding diaryl/α,β-unsaturated/α-hetero) is 1. The van der Waals surface area contributed by atoms with E-state index in [0.717, 1.165) is 5.56 Å². The number of aryl methyl sites for hydroxylation is 1. The molecule has 36 heavy (non-hydrogen) atoms. The van der Waals surface area contributed by atoms with Crippen molar-refractivity contribution in [2.75, 3.05) is 18.6 Å². The van der Waals surface area contributed by atoms with Gasteiger partial charge < -0.3 is 14.6 Å². The molecule has 1 unspecified atom stereocenters. The fourth-order valence-electron chi connectivity index (χ4n) is 4.09. The molecule has 186 valence electrons. The zero-order chi connectivity index (χ0) is 26.0. The van der Waals surface area contributed by atoms with E-state index in [9.17, 15) is 14.7 Å². The number of amides is 1. The van der Waals surface area contributed by atoms with Crippen LogP contribution in [0.4, 0.5) is 5.69 Å². The Kier molecular flexibility index (Phi) is 7.36. The van der Waals surface area contributed by atoms with Gasteiger partial charge in [0, 0.05) is 11.3 Å². The number of aliphatic hydroxyl groups excluding tert-OH is 1. The summed E-state index contributed by atoms with van der Waals surface area (Å²) in [6, 6.07) is 18.4. The van der Waals surface area contributed by atoms with Crippen molar-refractivity contribution in [3.05, 3.63) is 94.0 Å². The van der Waals surface area contributed by atoms with Crippen LogP contribution in [0, 0.1) is 12.8 Å². The summed E-state index contributed by atoms with van der Waals surface area (Å²) in [6.07, 6.45) is 0. The number of hydrogen-bond acceptors (Lipinski definition) is 5. The van der Waals surface area contributed by atoms with E-state index in [0.29, 0.717) is 45.9 Å². The highest BCUT2D eigenvalue weighted by Gasteiger charge is 2.47. The quantitative estimate of drug-likeness (QED) is 0.231. The standard InChI is InChI=1S/C29H28ClNO5/c1-17(2)16-36-22-12-7-19(8-13-22)26-25(27(32)20-9-14-23(30)24(15-20)35-4)28(33)29(34)31(26)21-10-5-18(3)6-11-21/h5-15,17,26,32H,16H2,1-4H3/b27-25-. The maximum atomic E-state index is 13.3. The van der Waals surface area contributed by atoms with Gasteiger partial charge >= 0.3 is 0 Å². The van der Waals surface area contributed by atoms with E-state index in [1.54, 1.807) is 36.4 Å². The first-order chi connectivity index (χ1) is 17.2. The molecule has 6 nitrogen and oxygen atoms in total. The Balaban J connectivity index is 1.86. The van der Waals surface area contributed by atoms with Crippen molar-refractivity contribution < 1.29 is 24.2 Å². The van der Waals surface area contributed by atoms with E-state index >= 15 is 0 Å². The molecule has 3 aromatic carbocycles. The number of anilines is 1. The van der Waals surface area contributed by atoms with Gasteiger partial charge in [0.25, 0.3) is 11.7 Å². The first kappa shape index (κ1) is 25.3. The van der Waals surface area contributed by atoms with E-state index in [4.69, 9.17) is 21.1 Å². The van der Waals surface area contributed by atoms with E-state index in [1.807, 2.05) is 31.2 Å². The maximum Gasteiger partial charge on any atom is 0.300 e. The Hall–Kier alpha value is -3.77. The zero-order valence-corrected chi connectivity index (χ0v) is 21.4. The van der Waals surface area contributed by atoms with Crippen LogP contribution in [0.1, 0.15) is 36.6 Å². The Morgan fingerprint density at radius 2 is 1.69 bits per heavy atom. The number of methoxy groups -OCH3 is 1. The molecule has 7 heteroatoms. The Labute approximate surface area is 215 Å². The lowest BCUT2D eigenvalue weighted by atomic mass is 9.95. The van der Waals surface area contributed by atoms with Crippen LogP contribution in [0.3, 0.4) is 0 Å². The summed E-state index contributed by atoms with van der Waals surface area (Å²) in [6.45, 7) is 6.64. The third-order valence-corrected chi connectivity index (χ3v) is 6.27. The number of halogens is 1. The summed E-state index contributed by atoms with van der Waals surface area (Å²) >= 11 is 6.15. The van der Waals surface area contributed by atoms with Gasteiger partial charge in [-0.1, -0.05) is 55.3 Å². The normalized spacial score (nSPS) is 17.1. The topological polar surface area (TPSA) is 76.1 Å². The molecule has 1 amide bonds. The van der Waals surface area contributed by atoms with Gasteiger partial charge in [-0.3, -0.25) is 14.5 Å². The third kappa shape index (κ3) is 4.95. The summed E-state index contributed by atoms with van der Waals surface area (Å²) in [5.41, 5.74) is 2.54. The van der Waals surface area contributed by atoms with E-state index in [-0.39, 0.29) is 11.3 Å². The molecule has 3 aromatic rings. The average Bonchev–Trinajstić information content (AvgIpc) is 3.13. The molecule has 1 aliphatic heterocycles. The van der Waals surface area contributed by atoms with Crippen molar-refractivity contribution in [3.63, 3.8) is 0 Å². The van der Waals surface area contributed by atoms with Gasteiger partial charge in [-0.25, -0.2) is 0 Å². The molecule has 0 aromatic heterocycles. The molecule has 1 atom stereocenters. The minimum atomic E-state index is -0.839. The predicted octanol–water partition coefficient (Wildman–Crippen LogP) is 6.32. The van der Waals surface area contributed by atoms with Crippen LogP contribution in [0.15, 0.2) is 72.3 Å². The third-order valence-electron chi connectivity index (χ3n) is 5.96. The molecular formula is C29H28ClNO5. The van der Waals surface area contributed by atoms with Gasteiger partial charge in [-0.15, -0.1) is 0 Å². The van der Waals surface area contributed by atoms with E-state index in [1.165, 1.54) is 18.1 Å². The van der Waals surface area contributed by atoms with Crippen LogP contribution in [-0.4, -0.2) is 30.5 Å². The fraction of sp³-hybridized carbons (Fsp3) is 0.241. The van der Waals surface area contributed by atoms with Crippen LogP contribution < -0.4 is 14.4 Å². The first-order valence-corrected chi connectivity index (χ1v) is 12.0. The maximum absolute atomic E-state index is 13.3. The summed E-state index contributed by atoms with van der Waals surface area (Å²) in [7, 11) is 1.46. The fourth-order valence-corrected chi connectivity index (χ4v) is 4.29. The monoisotopic (exact) mass is 505 g/mol. The van der Waals surface area contributed by atoms with Gasteiger partial charge in [0.2, 0.25) is 0 Å². The SMILES string of the molecule is COc1cc(/C(O)=C2/C(=O)C(=O)N(c3ccc(C)cc3)C2c2ccc(OCC(C)C)cc2)ccc1Cl. The lowest BCUT2D eigenvalue weighted by Crippen LogP contribution is -2.29. The molecule has 0 saturated carbocycles. The van der Waals surface area contributed by atoms with Crippen LogP contribution in [0.25, 0.3) is 5.76 Å². The van der Waals surface area contributed by atoms with Gasteiger partial charge in [-0.2, -0.15) is 0 Å². The highest BCUT2D eigenvalue weighted by molar-refractivity contribution is 6.51. The lowest BCUT2D eigenvalue weighted by Gasteiger charge is -2.26. The lowest BCUT2D eigenvalue weighted by molar-refractivity contribution is -0.132. The Bertz CT molecular complexity index is 1310. The summed E-state index contributed by atoms with van der Waals surface area (Å²) in [5, 5.41) is 11.7. The van der Waals surface area contributed by atoms with Crippen LogP contribution in [-0.2, 0) is 9.59 Å². The Morgan fingerprint density at radius 1 is 1.03 bits per heavy atom. The molecule has 1 aliphatic rings. The second kappa shape index (κ2) is 10.5. The molecule has 0 radical (unpaired) electrons. The van der Waals surface area contributed by atoms with Crippen LogP contribution in [0.5, 0.6) is 11.5 Å². The van der Waals surface area contributed by atoms with Crippen molar-refractivity contribution in [2.24, 2.45) is 5.92 Å². The zero-order valence-electron chi connectivity index (χ0n) is 20.6. The van der Waals surface area contributed by atoms with Crippen molar-refractivity contribution >= 4 is 34.7 Å². The van der Waals surface area contributed by atoms with Gasteiger partial charge in [0.15, 0.2) is 0 Å².